The normalized spacial score (nSPS) is 21.7. The minimum Gasteiger partial charge on any atom is -0.454 e. The number of nitrogens with one attached hydrogen (secondary N) is 1. The van der Waals surface area contributed by atoms with Crippen molar-refractivity contribution in [3.8, 4) is 0 Å². The molecule has 2 fully saturated rings. The number of fused-ring (bicyclic) bond motifs is 1. The molecule has 2 atom stereocenters. The van der Waals surface area contributed by atoms with E-state index in [0.717, 1.165) is 25.7 Å². The molecule has 2 heterocycles. The zero-order valence-corrected chi connectivity index (χ0v) is 15.3. The molecule has 1 aromatic heterocycles. The van der Waals surface area contributed by atoms with Crippen molar-refractivity contribution in [1.29, 1.82) is 0 Å². The Kier molecular flexibility index (Phi) is 4.68. The lowest BCUT2D eigenvalue weighted by molar-refractivity contribution is -0.153. The van der Waals surface area contributed by atoms with E-state index in [0.29, 0.717) is 23.3 Å². The van der Waals surface area contributed by atoms with Crippen LogP contribution in [0.25, 0.3) is 10.9 Å². The molecule has 1 saturated heterocycles. The van der Waals surface area contributed by atoms with Crippen molar-refractivity contribution in [2.24, 2.45) is 5.92 Å². The molecule has 1 aromatic carbocycles. The van der Waals surface area contributed by atoms with Gasteiger partial charge in [0.15, 0.2) is 11.9 Å². The van der Waals surface area contributed by atoms with Crippen LogP contribution >= 0.6 is 0 Å². The fourth-order valence-corrected chi connectivity index (χ4v) is 4.08. The van der Waals surface area contributed by atoms with Crippen LogP contribution in [0.3, 0.4) is 0 Å². The Labute approximate surface area is 156 Å². The minimum atomic E-state index is -0.689. The number of likely N-dealkylation sites (tertiary alicyclic amines) is 1. The van der Waals surface area contributed by atoms with Crippen LogP contribution in [0.15, 0.2) is 29.1 Å². The lowest BCUT2D eigenvalue weighted by atomic mass is 10.1. The van der Waals surface area contributed by atoms with E-state index in [9.17, 15) is 14.4 Å². The molecule has 1 saturated carbocycles. The number of H-pyrrole nitrogens is 1. The quantitative estimate of drug-likeness (QED) is 0.835. The van der Waals surface area contributed by atoms with Gasteiger partial charge in [-0.15, -0.1) is 0 Å². The lowest BCUT2D eigenvalue weighted by Crippen LogP contribution is -2.35. The van der Waals surface area contributed by atoms with Gasteiger partial charge in [-0.25, -0.2) is 4.98 Å². The summed E-state index contributed by atoms with van der Waals surface area (Å²) in [5, 5.41) is 0.494. The number of ether oxygens (including phenoxy) is 1. The molecule has 0 bridgehead atoms. The van der Waals surface area contributed by atoms with Gasteiger partial charge in [0, 0.05) is 19.0 Å². The number of aromatic nitrogens is 2. The number of aromatic amines is 1. The van der Waals surface area contributed by atoms with Gasteiger partial charge in [-0.2, -0.15) is 0 Å². The fourth-order valence-electron chi connectivity index (χ4n) is 4.08. The molecule has 1 amide bonds. The second-order valence-electron chi connectivity index (χ2n) is 7.43. The highest BCUT2D eigenvalue weighted by atomic mass is 16.5. The number of carbonyl (C=O) groups excluding carboxylic acids is 2. The average molecular weight is 369 g/mol. The first kappa shape index (κ1) is 17.7. The SMILES string of the molecule is C[C@H](OC(=O)[C@H]1CC(=O)N(C2CCCC2)C1)c1nc2ccccc2c(=O)[nH]1. The van der Waals surface area contributed by atoms with E-state index in [1.54, 1.807) is 31.2 Å². The summed E-state index contributed by atoms with van der Waals surface area (Å²) in [4.78, 5) is 46.0. The summed E-state index contributed by atoms with van der Waals surface area (Å²) in [6.07, 6.45) is 3.83. The summed E-state index contributed by atoms with van der Waals surface area (Å²) in [5.74, 6) is -0.516. The number of esters is 1. The van der Waals surface area contributed by atoms with Crippen LogP contribution < -0.4 is 5.56 Å². The number of carbonyl (C=O) groups is 2. The number of para-hydroxylation sites is 1. The summed E-state index contributed by atoms with van der Waals surface area (Å²) in [6.45, 7) is 2.10. The molecule has 1 aliphatic heterocycles. The van der Waals surface area contributed by atoms with Crippen molar-refractivity contribution in [1.82, 2.24) is 14.9 Å². The Bertz CT molecular complexity index is 932. The van der Waals surface area contributed by atoms with E-state index >= 15 is 0 Å². The molecule has 7 heteroatoms. The Hall–Kier alpha value is -2.70. The van der Waals surface area contributed by atoms with Crippen molar-refractivity contribution in [2.75, 3.05) is 6.54 Å². The number of rotatable bonds is 4. The van der Waals surface area contributed by atoms with Crippen molar-refractivity contribution in [2.45, 2.75) is 51.2 Å². The molecule has 0 unspecified atom stereocenters. The van der Waals surface area contributed by atoms with Crippen LogP contribution in [0, 0.1) is 5.92 Å². The molecule has 27 heavy (non-hydrogen) atoms. The summed E-state index contributed by atoms with van der Waals surface area (Å²) in [5.41, 5.74) is 0.296. The van der Waals surface area contributed by atoms with Gasteiger partial charge in [-0.3, -0.25) is 14.4 Å². The third kappa shape index (κ3) is 3.46. The molecule has 142 valence electrons. The topological polar surface area (TPSA) is 92.4 Å². The van der Waals surface area contributed by atoms with E-state index in [4.69, 9.17) is 4.74 Å². The van der Waals surface area contributed by atoms with Gasteiger partial charge in [0.2, 0.25) is 5.91 Å². The molecule has 1 aliphatic carbocycles. The number of hydrogen-bond acceptors (Lipinski definition) is 5. The maximum atomic E-state index is 12.6. The Balaban J connectivity index is 1.45. The molecule has 2 aliphatic rings. The van der Waals surface area contributed by atoms with Crippen LogP contribution in [-0.2, 0) is 14.3 Å². The van der Waals surface area contributed by atoms with Gasteiger partial charge < -0.3 is 14.6 Å². The maximum absolute atomic E-state index is 12.6. The van der Waals surface area contributed by atoms with Crippen molar-refractivity contribution >= 4 is 22.8 Å². The van der Waals surface area contributed by atoms with Crippen molar-refractivity contribution in [3.05, 3.63) is 40.4 Å². The minimum absolute atomic E-state index is 0.0359. The first-order valence-corrected chi connectivity index (χ1v) is 9.52. The molecule has 0 spiro atoms. The van der Waals surface area contributed by atoms with Gasteiger partial charge in [0.1, 0.15) is 0 Å². The number of nitrogens with zero attached hydrogens (tertiary/aromatic N) is 2. The zero-order valence-electron chi connectivity index (χ0n) is 15.3. The molecule has 4 rings (SSSR count). The highest BCUT2D eigenvalue weighted by Gasteiger charge is 2.40. The number of amides is 1. The van der Waals surface area contributed by atoms with E-state index < -0.39 is 18.0 Å². The molecule has 2 aromatic rings. The number of benzene rings is 1. The molecule has 1 N–H and O–H groups in total. The predicted molar refractivity (Wildman–Crippen MR) is 98.9 cm³/mol. The van der Waals surface area contributed by atoms with Crippen LogP contribution in [0.5, 0.6) is 0 Å². The van der Waals surface area contributed by atoms with Crippen LogP contribution in [0.1, 0.15) is 51.0 Å². The smallest absolute Gasteiger partial charge is 0.311 e. The third-order valence-electron chi connectivity index (χ3n) is 5.57. The third-order valence-corrected chi connectivity index (χ3v) is 5.57. The van der Waals surface area contributed by atoms with Gasteiger partial charge in [-0.05, 0) is 31.9 Å². The molecule has 0 radical (unpaired) electrons. The predicted octanol–water partition coefficient (Wildman–Crippen LogP) is 2.32. The summed E-state index contributed by atoms with van der Waals surface area (Å²) >= 11 is 0. The van der Waals surface area contributed by atoms with Gasteiger partial charge in [0.05, 0.1) is 16.8 Å². The highest BCUT2D eigenvalue weighted by molar-refractivity contribution is 5.87. The Morgan fingerprint density at radius 3 is 2.78 bits per heavy atom. The fraction of sp³-hybridized carbons (Fsp3) is 0.500. The lowest BCUT2D eigenvalue weighted by Gasteiger charge is -2.24. The van der Waals surface area contributed by atoms with Crippen molar-refractivity contribution in [3.63, 3.8) is 0 Å². The van der Waals surface area contributed by atoms with Crippen LogP contribution in [0.4, 0.5) is 0 Å². The second-order valence-corrected chi connectivity index (χ2v) is 7.43. The number of hydrogen-bond donors (Lipinski definition) is 1. The zero-order chi connectivity index (χ0) is 19.0. The highest BCUT2D eigenvalue weighted by Crippen LogP contribution is 2.30. The summed E-state index contributed by atoms with van der Waals surface area (Å²) in [6, 6.07) is 7.29. The summed E-state index contributed by atoms with van der Waals surface area (Å²) in [7, 11) is 0. The Morgan fingerprint density at radius 2 is 2.00 bits per heavy atom. The monoisotopic (exact) mass is 369 g/mol. The van der Waals surface area contributed by atoms with Crippen molar-refractivity contribution < 1.29 is 14.3 Å². The van der Waals surface area contributed by atoms with Gasteiger partial charge in [-0.1, -0.05) is 25.0 Å². The van der Waals surface area contributed by atoms with Crippen LogP contribution in [-0.4, -0.2) is 39.3 Å². The van der Waals surface area contributed by atoms with E-state index in [1.807, 2.05) is 4.90 Å². The average Bonchev–Trinajstić information content (AvgIpc) is 3.31. The second kappa shape index (κ2) is 7.13. The first-order chi connectivity index (χ1) is 13.0. The maximum Gasteiger partial charge on any atom is 0.311 e. The van der Waals surface area contributed by atoms with E-state index in [1.165, 1.54) is 0 Å². The van der Waals surface area contributed by atoms with E-state index in [2.05, 4.69) is 9.97 Å². The Morgan fingerprint density at radius 1 is 1.26 bits per heavy atom. The van der Waals surface area contributed by atoms with Gasteiger partial charge in [0.25, 0.3) is 5.56 Å². The standard InChI is InChI=1S/C20H23N3O4/c1-12(18-21-16-9-5-4-8-15(16)19(25)22-18)27-20(26)13-10-17(24)23(11-13)14-6-2-3-7-14/h4-5,8-9,12-14H,2-3,6-7,10-11H2,1H3,(H,21,22,25)/t12-,13-/m0/s1. The first-order valence-electron chi connectivity index (χ1n) is 9.52. The van der Waals surface area contributed by atoms with E-state index in [-0.39, 0.29) is 23.9 Å². The summed E-state index contributed by atoms with van der Waals surface area (Å²) < 4.78 is 5.53. The largest absolute Gasteiger partial charge is 0.454 e. The van der Waals surface area contributed by atoms with Gasteiger partial charge >= 0.3 is 5.97 Å². The molecular formula is C20H23N3O4. The van der Waals surface area contributed by atoms with Crippen LogP contribution in [0.2, 0.25) is 0 Å². The molecular weight excluding hydrogens is 346 g/mol. The molecule has 7 nitrogen and oxygen atoms in total.